The summed E-state index contributed by atoms with van der Waals surface area (Å²) >= 11 is 0. The van der Waals surface area contributed by atoms with E-state index in [1.54, 1.807) is 6.07 Å². The second-order valence-electron chi connectivity index (χ2n) is 5.38. The molecule has 3 rings (SSSR count). The van der Waals surface area contributed by atoms with E-state index in [-0.39, 0.29) is 5.82 Å². The van der Waals surface area contributed by atoms with E-state index in [1.165, 1.54) is 0 Å². The summed E-state index contributed by atoms with van der Waals surface area (Å²) in [6.45, 7) is 5.53. The number of aryl methyl sites for hydroxylation is 1. The molecule has 1 saturated heterocycles. The Kier molecular flexibility index (Phi) is 4.08. The quantitative estimate of drug-likeness (QED) is 0.917. The van der Waals surface area contributed by atoms with Crippen LogP contribution >= 0.6 is 0 Å². The molecular weight excluding hydrogens is 267 g/mol. The molecule has 2 heterocycles. The largest absolute Gasteiger partial charge is 0.379 e. The van der Waals surface area contributed by atoms with E-state index < -0.39 is 0 Å². The number of nitrogens with zero attached hydrogens (tertiary/aromatic N) is 3. The molecule has 0 radical (unpaired) electrons. The van der Waals surface area contributed by atoms with Crippen LogP contribution in [0.1, 0.15) is 25.5 Å². The maximum Gasteiger partial charge on any atom is 0.148 e. The molecular formula is C16H21FN4. The Morgan fingerprint density at radius 3 is 2.81 bits per heavy atom. The highest BCUT2D eigenvalue weighted by molar-refractivity contribution is 5.56. The van der Waals surface area contributed by atoms with Gasteiger partial charge in [0.25, 0.3) is 0 Å². The summed E-state index contributed by atoms with van der Waals surface area (Å²) in [6, 6.07) is 5.41. The zero-order valence-corrected chi connectivity index (χ0v) is 12.3. The molecule has 1 aromatic carbocycles. The van der Waals surface area contributed by atoms with Gasteiger partial charge in [0.2, 0.25) is 0 Å². The van der Waals surface area contributed by atoms with E-state index in [0.717, 1.165) is 49.5 Å². The summed E-state index contributed by atoms with van der Waals surface area (Å²) < 4.78 is 16.3. The van der Waals surface area contributed by atoms with E-state index in [0.29, 0.717) is 6.54 Å². The minimum atomic E-state index is -0.147. The van der Waals surface area contributed by atoms with E-state index in [9.17, 15) is 4.39 Å². The maximum atomic E-state index is 14.2. The van der Waals surface area contributed by atoms with E-state index >= 15 is 0 Å². The van der Waals surface area contributed by atoms with Gasteiger partial charge in [0.05, 0.1) is 24.3 Å². The maximum absolute atomic E-state index is 14.2. The SMILES string of the molecule is CCn1cncc1CNc1ccc(N2CCCC2)c(F)c1. The molecule has 0 aliphatic carbocycles. The molecule has 112 valence electrons. The van der Waals surface area contributed by atoms with Crippen molar-refractivity contribution < 1.29 is 4.39 Å². The molecule has 1 N–H and O–H groups in total. The minimum absolute atomic E-state index is 0.147. The van der Waals surface area contributed by atoms with Crippen LogP contribution in [0.3, 0.4) is 0 Å². The lowest BCUT2D eigenvalue weighted by molar-refractivity contribution is 0.623. The highest BCUT2D eigenvalue weighted by Gasteiger charge is 2.16. The Labute approximate surface area is 124 Å². The fourth-order valence-corrected chi connectivity index (χ4v) is 2.80. The predicted octanol–water partition coefficient (Wildman–Crippen LogP) is 3.25. The van der Waals surface area contributed by atoms with Crippen LogP contribution in [-0.4, -0.2) is 22.6 Å². The Morgan fingerprint density at radius 1 is 1.29 bits per heavy atom. The van der Waals surface area contributed by atoms with Gasteiger partial charge in [-0.05, 0) is 38.0 Å². The second-order valence-corrected chi connectivity index (χ2v) is 5.38. The highest BCUT2D eigenvalue weighted by atomic mass is 19.1. The van der Waals surface area contributed by atoms with Crippen molar-refractivity contribution in [2.24, 2.45) is 0 Å². The summed E-state index contributed by atoms with van der Waals surface area (Å²) in [6.07, 6.45) is 5.96. The summed E-state index contributed by atoms with van der Waals surface area (Å²) in [7, 11) is 0. The molecule has 0 amide bonds. The minimum Gasteiger partial charge on any atom is -0.379 e. The monoisotopic (exact) mass is 288 g/mol. The topological polar surface area (TPSA) is 33.1 Å². The van der Waals surface area contributed by atoms with Crippen molar-refractivity contribution in [1.29, 1.82) is 0 Å². The molecule has 1 fully saturated rings. The van der Waals surface area contributed by atoms with Crippen LogP contribution in [0.15, 0.2) is 30.7 Å². The average Bonchev–Trinajstić information content (AvgIpc) is 3.16. The molecule has 0 saturated carbocycles. The number of rotatable bonds is 5. The Hall–Kier alpha value is -2.04. The van der Waals surface area contributed by atoms with Crippen molar-refractivity contribution in [2.45, 2.75) is 32.9 Å². The number of imidazole rings is 1. The summed E-state index contributed by atoms with van der Waals surface area (Å²) in [4.78, 5) is 6.25. The number of anilines is 2. The Morgan fingerprint density at radius 2 is 2.10 bits per heavy atom. The van der Waals surface area contributed by atoms with E-state index in [1.807, 2.05) is 24.7 Å². The lowest BCUT2D eigenvalue weighted by atomic mass is 10.2. The number of hydrogen-bond donors (Lipinski definition) is 1. The zero-order chi connectivity index (χ0) is 14.7. The molecule has 1 aliphatic heterocycles. The molecule has 0 bridgehead atoms. The number of benzene rings is 1. The first-order valence-corrected chi connectivity index (χ1v) is 7.55. The second kappa shape index (κ2) is 6.16. The zero-order valence-electron chi connectivity index (χ0n) is 12.3. The van der Waals surface area contributed by atoms with Crippen molar-refractivity contribution >= 4 is 11.4 Å². The van der Waals surface area contributed by atoms with Gasteiger partial charge in [0.1, 0.15) is 5.82 Å². The smallest absolute Gasteiger partial charge is 0.148 e. The predicted molar refractivity (Wildman–Crippen MR) is 83.1 cm³/mol. The first-order valence-electron chi connectivity index (χ1n) is 7.55. The van der Waals surface area contributed by atoms with Gasteiger partial charge < -0.3 is 14.8 Å². The van der Waals surface area contributed by atoms with Gasteiger partial charge in [0, 0.05) is 31.5 Å². The van der Waals surface area contributed by atoms with Crippen molar-refractivity contribution in [2.75, 3.05) is 23.3 Å². The highest BCUT2D eigenvalue weighted by Crippen LogP contribution is 2.26. The molecule has 0 unspecified atom stereocenters. The summed E-state index contributed by atoms with van der Waals surface area (Å²) in [5.74, 6) is -0.147. The molecule has 1 aromatic heterocycles. The van der Waals surface area contributed by atoms with Crippen LogP contribution in [0.2, 0.25) is 0 Å². The van der Waals surface area contributed by atoms with Crippen LogP contribution in [0, 0.1) is 5.82 Å². The van der Waals surface area contributed by atoms with Gasteiger partial charge in [0.15, 0.2) is 0 Å². The molecule has 0 atom stereocenters. The van der Waals surface area contributed by atoms with Gasteiger partial charge in [-0.25, -0.2) is 9.37 Å². The van der Waals surface area contributed by atoms with Gasteiger partial charge in [-0.1, -0.05) is 0 Å². The van der Waals surface area contributed by atoms with Gasteiger partial charge in [-0.15, -0.1) is 0 Å². The van der Waals surface area contributed by atoms with Crippen molar-refractivity contribution in [3.05, 3.63) is 42.2 Å². The molecule has 2 aromatic rings. The van der Waals surface area contributed by atoms with E-state index in [4.69, 9.17) is 0 Å². The molecule has 4 nitrogen and oxygen atoms in total. The van der Waals surface area contributed by atoms with Crippen molar-refractivity contribution in [3.8, 4) is 0 Å². The van der Waals surface area contributed by atoms with Gasteiger partial charge in [-0.3, -0.25) is 0 Å². The molecule has 1 aliphatic rings. The van der Waals surface area contributed by atoms with E-state index in [2.05, 4.69) is 26.7 Å². The van der Waals surface area contributed by atoms with Crippen molar-refractivity contribution in [3.63, 3.8) is 0 Å². The van der Waals surface area contributed by atoms with Crippen LogP contribution < -0.4 is 10.2 Å². The standard InChI is InChI=1S/C16H21FN4/c1-2-20-12-18-10-14(20)11-19-13-5-6-16(15(17)9-13)21-7-3-4-8-21/h5-6,9-10,12,19H,2-4,7-8,11H2,1H3. The Balaban J connectivity index is 1.67. The molecule has 21 heavy (non-hydrogen) atoms. The lowest BCUT2D eigenvalue weighted by Gasteiger charge is -2.19. The van der Waals surface area contributed by atoms with Crippen LogP contribution in [-0.2, 0) is 13.1 Å². The first kappa shape index (κ1) is 13.9. The number of nitrogens with one attached hydrogen (secondary N) is 1. The van der Waals surface area contributed by atoms with Gasteiger partial charge >= 0.3 is 0 Å². The number of aromatic nitrogens is 2. The third kappa shape index (κ3) is 3.01. The van der Waals surface area contributed by atoms with Crippen LogP contribution in [0.4, 0.5) is 15.8 Å². The fraction of sp³-hybridized carbons (Fsp3) is 0.438. The fourth-order valence-electron chi connectivity index (χ4n) is 2.80. The summed E-state index contributed by atoms with van der Waals surface area (Å²) in [5.41, 5.74) is 2.62. The lowest BCUT2D eigenvalue weighted by Crippen LogP contribution is -2.19. The molecule has 0 spiro atoms. The first-order chi connectivity index (χ1) is 10.3. The number of halogens is 1. The van der Waals surface area contributed by atoms with Crippen LogP contribution in [0.5, 0.6) is 0 Å². The molecule has 5 heteroatoms. The normalized spacial score (nSPS) is 14.7. The van der Waals surface area contributed by atoms with Crippen LogP contribution in [0.25, 0.3) is 0 Å². The third-order valence-corrected chi connectivity index (χ3v) is 4.01. The average molecular weight is 288 g/mol. The Bertz CT molecular complexity index is 602. The number of hydrogen-bond acceptors (Lipinski definition) is 3. The summed E-state index contributed by atoms with van der Waals surface area (Å²) in [5, 5.41) is 3.26. The third-order valence-electron chi connectivity index (χ3n) is 4.01. The van der Waals surface area contributed by atoms with Gasteiger partial charge in [-0.2, -0.15) is 0 Å². The van der Waals surface area contributed by atoms with Crippen molar-refractivity contribution in [1.82, 2.24) is 9.55 Å².